The Balaban J connectivity index is 2.53. The molecule has 1 aromatic carbocycles. The number of halogens is 1. The van der Waals surface area contributed by atoms with Crippen molar-refractivity contribution < 1.29 is 0 Å². The first-order valence-electron chi connectivity index (χ1n) is 3.96. The quantitative estimate of drug-likeness (QED) is 0.752. The molecular formula is C10H8BrNS. The number of rotatable bonds is 1. The fourth-order valence-corrected chi connectivity index (χ4v) is 2.57. The molecule has 0 fully saturated rings. The van der Waals surface area contributed by atoms with Gasteiger partial charge in [0, 0.05) is 0 Å². The van der Waals surface area contributed by atoms with Crippen LogP contribution in [0.1, 0.15) is 5.69 Å². The van der Waals surface area contributed by atoms with Crippen LogP contribution >= 0.6 is 27.5 Å². The minimum absolute atomic E-state index is 1.06. The molecule has 0 amide bonds. The van der Waals surface area contributed by atoms with E-state index in [1.807, 2.05) is 25.1 Å². The van der Waals surface area contributed by atoms with Gasteiger partial charge in [-0.25, -0.2) is 0 Å². The van der Waals surface area contributed by atoms with Gasteiger partial charge >= 0.3 is 0 Å². The maximum atomic E-state index is 4.29. The van der Waals surface area contributed by atoms with Crippen LogP contribution in [0.5, 0.6) is 0 Å². The summed E-state index contributed by atoms with van der Waals surface area (Å²) in [4.78, 5) is 1.21. The molecule has 0 aliphatic carbocycles. The Morgan fingerprint density at radius 2 is 1.92 bits per heavy atom. The largest absolute Gasteiger partial charge is 0.196 e. The van der Waals surface area contributed by atoms with Crippen molar-refractivity contribution in [2.45, 2.75) is 6.92 Å². The standard InChI is InChI=1S/C10H8BrNS/c1-7-9(11)10(13-12-7)8-5-3-2-4-6-8/h2-6H,1H3. The molecule has 0 aliphatic heterocycles. The first-order valence-corrected chi connectivity index (χ1v) is 5.53. The normalized spacial score (nSPS) is 10.3. The van der Waals surface area contributed by atoms with E-state index in [9.17, 15) is 0 Å². The summed E-state index contributed by atoms with van der Waals surface area (Å²) in [5, 5.41) is 0. The van der Waals surface area contributed by atoms with Crippen molar-refractivity contribution in [3.63, 3.8) is 0 Å². The smallest absolute Gasteiger partial charge is 0.0695 e. The predicted octanol–water partition coefficient (Wildman–Crippen LogP) is 3.88. The zero-order chi connectivity index (χ0) is 9.26. The molecule has 13 heavy (non-hydrogen) atoms. The van der Waals surface area contributed by atoms with Gasteiger partial charge in [0.05, 0.1) is 15.0 Å². The summed E-state index contributed by atoms with van der Waals surface area (Å²) >= 11 is 5.07. The van der Waals surface area contributed by atoms with Gasteiger partial charge in [-0.3, -0.25) is 0 Å². The van der Waals surface area contributed by atoms with Gasteiger partial charge in [0.2, 0.25) is 0 Å². The monoisotopic (exact) mass is 253 g/mol. The Bertz CT molecular complexity index is 408. The second-order valence-electron chi connectivity index (χ2n) is 2.78. The Hall–Kier alpha value is -0.670. The van der Waals surface area contributed by atoms with E-state index in [0.717, 1.165) is 10.2 Å². The Labute approximate surface area is 89.7 Å². The number of benzene rings is 1. The van der Waals surface area contributed by atoms with Gasteiger partial charge in [0.1, 0.15) is 0 Å². The van der Waals surface area contributed by atoms with Gasteiger partial charge in [-0.2, -0.15) is 4.37 Å². The molecule has 1 aromatic heterocycles. The number of aryl methyl sites for hydroxylation is 1. The highest BCUT2D eigenvalue weighted by molar-refractivity contribution is 9.10. The lowest BCUT2D eigenvalue weighted by Gasteiger charge is -1.96. The lowest BCUT2D eigenvalue weighted by Crippen LogP contribution is -1.72. The van der Waals surface area contributed by atoms with E-state index >= 15 is 0 Å². The molecule has 0 atom stereocenters. The molecule has 0 spiro atoms. The second kappa shape index (κ2) is 3.60. The second-order valence-corrected chi connectivity index (χ2v) is 4.34. The van der Waals surface area contributed by atoms with E-state index in [-0.39, 0.29) is 0 Å². The summed E-state index contributed by atoms with van der Waals surface area (Å²) in [7, 11) is 0. The van der Waals surface area contributed by atoms with Crippen molar-refractivity contribution in [1.82, 2.24) is 4.37 Å². The summed E-state index contributed by atoms with van der Waals surface area (Å²) in [6.45, 7) is 2.01. The van der Waals surface area contributed by atoms with Gasteiger partial charge in [0.15, 0.2) is 0 Å². The van der Waals surface area contributed by atoms with E-state index in [0.29, 0.717) is 0 Å². The maximum Gasteiger partial charge on any atom is 0.0695 e. The van der Waals surface area contributed by atoms with Crippen LogP contribution < -0.4 is 0 Å². The zero-order valence-electron chi connectivity index (χ0n) is 7.12. The lowest BCUT2D eigenvalue weighted by atomic mass is 10.2. The van der Waals surface area contributed by atoms with E-state index < -0.39 is 0 Å². The first kappa shape index (κ1) is 8.91. The molecule has 2 aromatic rings. The van der Waals surface area contributed by atoms with Crippen LogP contribution in [0.15, 0.2) is 34.8 Å². The fraction of sp³-hybridized carbons (Fsp3) is 0.100. The Morgan fingerprint density at radius 1 is 1.23 bits per heavy atom. The lowest BCUT2D eigenvalue weighted by molar-refractivity contribution is 1.32. The summed E-state index contributed by atoms with van der Waals surface area (Å²) in [5.41, 5.74) is 2.28. The molecule has 0 bridgehead atoms. The van der Waals surface area contributed by atoms with Gasteiger partial charge < -0.3 is 0 Å². The molecular weight excluding hydrogens is 246 g/mol. The van der Waals surface area contributed by atoms with Crippen molar-refractivity contribution >= 4 is 27.5 Å². The predicted molar refractivity (Wildman–Crippen MR) is 60.0 cm³/mol. The van der Waals surface area contributed by atoms with Crippen LogP contribution in [0, 0.1) is 6.92 Å². The van der Waals surface area contributed by atoms with Crippen molar-refractivity contribution in [3.8, 4) is 10.4 Å². The number of hydrogen-bond acceptors (Lipinski definition) is 2. The number of hydrogen-bond donors (Lipinski definition) is 0. The zero-order valence-corrected chi connectivity index (χ0v) is 9.52. The van der Waals surface area contributed by atoms with Crippen molar-refractivity contribution in [3.05, 3.63) is 40.5 Å². The molecule has 0 saturated heterocycles. The number of nitrogens with zero attached hydrogens (tertiary/aromatic N) is 1. The third kappa shape index (κ3) is 1.67. The van der Waals surface area contributed by atoms with Crippen molar-refractivity contribution in [1.29, 1.82) is 0 Å². The first-order chi connectivity index (χ1) is 6.29. The van der Waals surface area contributed by atoms with Crippen LogP contribution in [0.2, 0.25) is 0 Å². The van der Waals surface area contributed by atoms with E-state index in [2.05, 4.69) is 32.4 Å². The van der Waals surface area contributed by atoms with Crippen LogP contribution in [0.3, 0.4) is 0 Å². The SMILES string of the molecule is Cc1nsc(-c2ccccc2)c1Br. The molecule has 3 heteroatoms. The topological polar surface area (TPSA) is 12.9 Å². The minimum atomic E-state index is 1.06. The van der Waals surface area contributed by atoms with Gasteiger partial charge in [-0.15, -0.1) is 0 Å². The van der Waals surface area contributed by atoms with E-state index in [1.165, 1.54) is 22.0 Å². The summed E-state index contributed by atoms with van der Waals surface area (Å²) < 4.78 is 5.40. The molecule has 66 valence electrons. The van der Waals surface area contributed by atoms with Crippen LogP contribution in [-0.4, -0.2) is 4.37 Å². The average molecular weight is 254 g/mol. The average Bonchev–Trinajstić information content (AvgIpc) is 2.49. The van der Waals surface area contributed by atoms with Crippen LogP contribution in [-0.2, 0) is 0 Å². The molecule has 0 aliphatic rings. The molecule has 0 saturated carbocycles. The molecule has 1 heterocycles. The molecule has 0 unspecified atom stereocenters. The van der Waals surface area contributed by atoms with Gasteiger partial charge in [0.25, 0.3) is 0 Å². The third-order valence-corrected chi connectivity index (χ3v) is 4.05. The fourth-order valence-electron chi connectivity index (χ4n) is 1.13. The van der Waals surface area contributed by atoms with Crippen LogP contribution in [0.25, 0.3) is 10.4 Å². The third-order valence-electron chi connectivity index (χ3n) is 1.83. The van der Waals surface area contributed by atoms with Crippen LogP contribution in [0.4, 0.5) is 0 Å². The summed E-state index contributed by atoms with van der Waals surface area (Å²) in [6.07, 6.45) is 0. The number of aromatic nitrogens is 1. The van der Waals surface area contributed by atoms with Gasteiger partial charge in [-0.05, 0) is 39.9 Å². The Kier molecular flexibility index (Phi) is 2.47. The van der Waals surface area contributed by atoms with E-state index in [1.54, 1.807) is 0 Å². The highest BCUT2D eigenvalue weighted by Gasteiger charge is 2.08. The van der Waals surface area contributed by atoms with E-state index in [4.69, 9.17) is 0 Å². The van der Waals surface area contributed by atoms with Gasteiger partial charge in [-0.1, -0.05) is 30.3 Å². The summed E-state index contributed by atoms with van der Waals surface area (Å²) in [5.74, 6) is 0. The maximum absolute atomic E-state index is 4.29. The molecule has 2 rings (SSSR count). The molecule has 0 N–H and O–H groups in total. The molecule has 0 radical (unpaired) electrons. The van der Waals surface area contributed by atoms with Crippen molar-refractivity contribution in [2.24, 2.45) is 0 Å². The Morgan fingerprint density at radius 3 is 2.46 bits per heavy atom. The highest BCUT2D eigenvalue weighted by Crippen LogP contribution is 2.33. The highest BCUT2D eigenvalue weighted by atomic mass is 79.9. The van der Waals surface area contributed by atoms with Crippen molar-refractivity contribution in [2.75, 3.05) is 0 Å². The minimum Gasteiger partial charge on any atom is -0.196 e. The summed E-state index contributed by atoms with van der Waals surface area (Å²) in [6, 6.07) is 10.3. The molecule has 1 nitrogen and oxygen atoms in total.